The predicted molar refractivity (Wildman–Crippen MR) is 155 cm³/mol. The number of nitriles is 1. The lowest BCUT2D eigenvalue weighted by molar-refractivity contribution is -0.271. The topological polar surface area (TPSA) is 168 Å². The first-order chi connectivity index (χ1) is 20.7. The normalized spacial score (nSPS) is 25.0. The summed E-state index contributed by atoms with van der Waals surface area (Å²) in [5.41, 5.74) is 1.20. The number of ketones is 1. The van der Waals surface area contributed by atoms with Gasteiger partial charge in [-0.3, -0.25) is 24.0 Å². The van der Waals surface area contributed by atoms with Crippen molar-refractivity contribution in [3.05, 3.63) is 51.7 Å². The molecular formula is C30H34N2O11S. The minimum absolute atomic E-state index is 0.0525. The SMILES string of the molecule is COc1ccc([C@@H]2C(C#N)=C(S)N([C@H]3O[C@@H](COC(C)=O)[C@@H](OC(C)=O)[C@@H](OC(C)=O)[C@H]3OC(C)=O)C(C)=C2C(C)=O)cc1. The van der Waals surface area contributed by atoms with E-state index in [0.717, 1.165) is 27.7 Å². The van der Waals surface area contributed by atoms with Gasteiger partial charge in [0.05, 0.1) is 29.7 Å². The summed E-state index contributed by atoms with van der Waals surface area (Å²) in [5, 5.41) is 10.4. The molecule has 0 radical (unpaired) electrons. The first kappa shape index (κ1) is 34.1. The summed E-state index contributed by atoms with van der Waals surface area (Å²) in [4.78, 5) is 63.1. The number of ether oxygens (including phenoxy) is 6. The number of thiol groups is 1. The Morgan fingerprint density at radius 2 is 1.43 bits per heavy atom. The molecule has 13 nitrogen and oxygen atoms in total. The summed E-state index contributed by atoms with van der Waals surface area (Å²) in [6.45, 7) is 7.00. The third-order valence-corrected chi connectivity index (χ3v) is 7.42. The molecule has 2 aliphatic rings. The van der Waals surface area contributed by atoms with Gasteiger partial charge in [0.2, 0.25) is 0 Å². The maximum atomic E-state index is 13.2. The number of hydrogen-bond acceptors (Lipinski definition) is 14. The van der Waals surface area contributed by atoms with E-state index in [1.54, 1.807) is 31.2 Å². The molecule has 0 saturated carbocycles. The Morgan fingerprint density at radius 3 is 1.91 bits per heavy atom. The minimum atomic E-state index is -1.47. The third kappa shape index (κ3) is 7.40. The molecule has 0 unspecified atom stereocenters. The maximum absolute atomic E-state index is 13.2. The minimum Gasteiger partial charge on any atom is -0.497 e. The molecular weight excluding hydrogens is 596 g/mol. The highest BCUT2D eigenvalue weighted by Crippen LogP contribution is 2.46. The number of Topliss-reactive ketones (excluding diaryl/α,β-unsaturated/α-hetero) is 1. The van der Waals surface area contributed by atoms with Gasteiger partial charge in [0.1, 0.15) is 18.5 Å². The maximum Gasteiger partial charge on any atom is 0.303 e. The van der Waals surface area contributed by atoms with Gasteiger partial charge in [-0.15, -0.1) is 12.6 Å². The molecule has 0 aliphatic carbocycles. The first-order valence-corrected chi connectivity index (χ1v) is 13.9. The van der Waals surface area contributed by atoms with Gasteiger partial charge < -0.3 is 33.3 Å². The Kier molecular flexibility index (Phi) is 11.2. The molecule has 236 valence electrons. The number of hydrogen-bond donors (Lipinski definition) is 1. The molecule has 0 amide bonds. The van der Waals surface area contributed by atoms with E-state index >= 15 is 0 Å². The van der Waals surface area contributed by atoms with Crippen molar-refractivity contribution in [1.29, 1.82) is 5.26 Å². The Hall–Kier alpha value is -4.35. The molecule has 1 saturated heterocycles. The standard InChI is InChI=1S/C30H34N2O11S/c1-14-24(15(2)33)25(20-8-10-21(38-7)11-9-20)22(12-31)30(44)32(14)29-28(42-19(6)37)27(41-18(5)36)26(40-17(4)35)23(43-29)13-39-16(3)34/h8-11,23,25-29,44H,13H2,1-7H3/t23-,25+,26+,27+,28+,29-/m0/s1. The molecule has 0 bridgehead atoms. The fraction of sp³-hybridized carbons (Fsp3) is 0.467. The number of benzene rings is 1. The molecule has 6 atom stereocenters. The van der Waals surface area contributed by atoms with Crippen molar-refractivity contribution in [2.45, 2.75) is 78.1 Å². The van der Waals surface area contributed by atoms with E-state index in [1.165, 1.54) is 18.9 Å². The lowest BCUT2D eigenvalue weighted by Crippen LogP contribution is -2.66. The van der Waals surface area contributed by atoms with Crippen LogP contribution in [0.25, 0.3) is 0 Å². The van der Waals surface area contributed by atoms with Crippen molar-refractivity contribution in [3.8, 4) is 11.8 Å². The van der Waals surface area contributed by atoms with Gasteiger partial charge >= 0.3 is 23.9 Å². The van der Waals surface area contributed by atoms with Gasteiger partial charge in [-0.05, 0) is 31.5 Å². The van der Waals surface area contributed by atoms with Crippen molar-refractivity contribution >= 4 is 42.3 Å². The largest absolute Gasteiger partial charge is 0.497 e. The number of esters is 4. The summed E-state index contributed by atoms with van der Waals surface area (Å²) in [5.74, 6) is -3.67. The van der Waals surface area contributed by atoms with Gasteiger partial charge in [-0.1, -0.05) is 12.1 Å². The molecule has 0 N–H and O–H groups in total. The van der Waals surface area contributed by atoms with Gasteiger partial charge in [0.25, 0.3) is 0 Å². The highest BCUT2D eigenvalue weighted by atomic mass is 32.1. The summed E-state index contributed by atoms with van der Waals surface area (Å²) in [6.07, 6.45) is -6.97. The lowest BCUT2D eigenvalue weighted by Gasteiger charge is -2.50. The summed E-state index contributed by atoms with van der Waals surface area (Å²) in [7, 11) is 1.51. The smallest absolute Gasteiger partial charge is 0.303 e. The van der Waals surface area contributed by atoms with Crippen LogP contribution in [0.4, 0.5) is 0 Å². The van der Waals surface area contributed by atoms with E-state index in [0.29, 0.717) is 17.0 Å². The highest BCUT2D eigenvalue weighted by molar-refractivity contribution is 7.84. The van der Waals surface area contributed by atoms with Crippen molar-refractivity contribution in [2.75, 3.05) is 13.7 Å². The van der Waals surface area contributed by atoms with Crippen LogP contribution in [0.5, 0.6) is 5.75 Å². The number of rotatable bonds is 9. The molecule has 44 heavy (non-hydrogen) atoms. The lowest BCUT2D eigenvalue weighted by atomic mass is 9.80. The van der Waals surface area contributed by atoms with Crippen LogP contribution in [-0.4, -0.2) is 78.9 Å². The van der Waals surface area contributed by atoms with E-state index in [2.05, 4.69) is 6.07 Å². The van der Waals surface area contributed by atoms with Crippen molar-refractivity contribution in [3.63, 3.8) is 0 Å². The average molecular weight is 631 g/mol. The van der Waals surface area contributed by atoms with E-state index in [-0.39, 0.29) is 22.0 Å². The van der Waals surface area contributed by atoms with E-state index in [4.69, 9.17) is 41.0 Å². The molecule has 0 spiro atoms. The second-order valence-corrected chi connectivity index (χ2v) is 10.5. The molecule has 0 aromatic heterocycles. The average Bonchev–Trinajstić information content (AvgIpc) is 2.93. The zero-order valence-corrected chi connectivity index (χ0v) is 26.2. The summed E-state index contributed by atoms with van der Waals surface area (Å²) >= 11 is 4.70. The second-order valence-electron chi connectivity index (χ2n) is 10.1. The van der Waals surface area contributed by atoms with Crippen LogP contribution in [0, 0.1) is 11.3 Å². The van der Waals surface area contributed by atoms with Gasteiger partial charge in [0, 0.05) is 39.0 Å². The van der Waals surface area contributed by atoms with Crippen LogP contribution in [0.15, 0.2) is 46.1 Å². The van der Waals surface area contributed by atoms with E-state index < -0.39 is 67.0 Å². The quantitative estimate of drug-likeness (QED) is 0.240. The number of nitrogens with zero attached hydrogens (tertiary/aromatic N) is 2. The van der Waals surface area contributed by atoms with Crippen LogP contribution in [0.2, 0.25) is 0 Å². The first-order valence-electron chi connectivity index (χ1n) is 13.5. The fourth-order valence-electron chi connectivity index (χ4n) is 5.33. The predicted octanol–water partition coefficient (Wildman–Crippen LogP) is 2.71. The highest BCUT2D eigenvalue weighted by Gasteiger charge is 2.55. The number of carbonyl (C=O) groups excluding carboxylic acids is 5. The fourth-order valence-corrected chi connectivity index (χ4v) is 5.77. The van der Waals surface area contributed by atoms with Gasteiger partial charge in [-0.2, -0.15) is 5.26 Å². The summed E-state index contributed by atoms with van der Waals surface area (Å²) in [6, 6.07) is 8.99. The molecule has 1 aromatic carbocycles. The van der Waals surface area contributed by atoms with Crippen molar-refractivity contribution < 1.29 is 52.4 Å². The Labute approximate surface area is 260 Å². The molecule has 1 aromatic rings. The van der Waals surface area contributed by atoms with Crippen LogP contribution in [-0.2, 0) is 47.7 Å². The summed E-state index contributed by atoms with van der Waals surface area (Å²) < 4.78 is 33.3. The monoisotopic (exact) mass is 630 g/mol. The van der Waals surface area contributed by atoms with Crippen molar-refractivity contribution in [1.82, 2.24) is 4.90 Å². The van der Waals surface area contributed by atoms with Crippen LogP contribution < -0.4 is 4.74 Å². The van der Waals surface area contributed by atoms with E-state index in [9.17, 15) is 29.2 Å². The number of methoxy groups -OCH3 is 1. The second kappa shape index (κ2) is 14.4. The van der Waals surface area contributed by atoms with Crippen LogP contribution >= 0.6 is 12.6 Å². The van der Waals surface area contributed by atoms with Gasteiger partial charge in [-0.25, -0.2) is 0 Å². The number of carbonyl (C=O) groups is 5. The van der Waals surface area contributed by atoms with Gasteiger partial charge in [0.15, 0.2) is 30.3 Å². The zero-order chi connectivity index (χ0) is 32.9. The Morgan fingerprint density at radius 1 is 0.886 bits per heavy atom. The Bertz CT molecular complexity index is 1430. The Balaban J connectivity index is 2.28. The molecule has 2 aliphatic heterocycles. The van der Waals surface area contributed by atoms with E-state index in [1.807, 2.05) is 0 Å². The third-order valence-electron chi connectivity index (χ3n) is 6.97. The molecule has 1 fully saturated rings. The molecule has 14 heteroatoms. The molecule has 3 rings (SSSR count). The number of allylic oxidation sites excluding steroid dienone is 3. The van der Waals surface area contributed by atoms with Crippen LogP contribution in [0.1, 0.15) is 53.0 Å². The van der Waals surface area contributed by atoms with Crippen molar-refractivity contribution in [2.24, 2.45) is 0 Å². The molecule has 2 heterocycles. The zero-order valence-electron chi connectivity index (χ0n) is 25.3. The van der Waals surface area contributed by atoms with Crippen LogP contribution in [0.3, 0.4) is 0 Å².